The van der Waals surface area contributed by atoms with Gasteiger partial charge in [0.05, 0.1) is 5.41 Å². The molecule has 0 saturated heterocycles. The van der Waals surface area contributed by atoms with Crippen LogP contribution in [-0.2, 0) is 4.79 Å². The van der Waals surface area contributed by atoms with E-state index in [1.807, 2.05) is 13.8 Å². The van der Waals surface area contributed by atoms with Gasteiger partial charge in [-0.05, 0) is 38.5 Å². The van der Waals surface area contributed by atoms with E-state index in [1.54, 1.807) is 0 Å². The quantitative estimate of drug-likeness (QED) is 0.760. The van der Waals surface area contributed by atoms with E-state index in [0.717, 1.165) is 12.8 Å². The maximum absolute atomic E-state index is 12.0. The fourth-order valence-corrected chi connectivity index (χ4v) is 2.38. The van der Waals surface area contributed by atoms with Crippen molar-refractivity contribution in [2.45, 2.75) is 59.4 Å². The monoisotopic (exact) mass is 245 g/mol. The second kappa shape index (κ2) is 4.95. The highest BCUT2D eigenvalue weighted by atomic mass is 35.5. The van der Waals surface area contributed by atoms with Gasteiger partial charge in [0, 0.05) is 11.9 Å². The smallest absolute Gasteiger partial charge is 0.227 e. The third-order valence-corrected chi connectivity index (χ3v) is 4.16. The maximum atomic E-state index is 12.0. The molecule has 1 atom stereocenters. The van der Waals surface area contributed by atoms with Crippen LogP contribution in [0.1, 0.15) is 53.4 Å². The predicted octanol–water partition coefficient (Wildman–Crippen LogP) is 3.34. The molecule has 0 aliphatic heterocycles. The molecule has 2 nitrogen and oxygen atoms in total. The van der Waals surface area contributed by atoms with Crippen molar-refractivity contribution in [2.24, 2.45) is 10.8 Å². The molecular weight excluding hydrogens is 222 g/mol. The van der Waals surface area contributed by atoms with Crippen molar-refractivity contribution in [3.63, 3.8) is 0 Å². The number of alkyl halides is 1. The Morgan fingerprint density at radius 2 is 2.12 bits per heavy atom. The fourth-order valence-electron chi connectivity index (χ4n) is 2.26. The van der Waals surface area contributed by atoms with Crippen molar-refractivity contribution in [3.05, 3.63) is 0 Å². The summed E-state index contributed by atoms with van der Waals surface area (Å²) in [5.74, 6) is 0.458. The molecule has 16 heavy (non-hydrogen) atoms. The zero-order valence-electron chi connectivity index (χ0n) is 10.9. The van der Waals surface area contributed by atoms with Crippen molar-refractivity contribution >= 4 is 17.5 Å². The van der Waals surface area contributed by atoms with Gasteiger partial charge in [0.15, 0.2) is 0 Å². The second-order valence-corrected chi connectivity index (χ2v) is 6.72. The van der Waals surface area contributed by atoms with Gasteiger partial charge in [0.25, 0.3) is 0 Å². The Bertz CT molecular complexity index is 261. The molecule has 0 aromatic carbocycles. The highest BCUT2D eigenvalue weighted by Gasteiger charge is 2.32. The zero-order valence-corrected chi connectivity index (χ0v) is 11.7. The van der Waals surface area contributed by atoms with Crippen LogP contribution < -0.4 is 5.32 Å². The molecule has 0 bridgehead atoms. The summed E-state index contributed by atoms with van der Waals surface area (Å²) in [5.41, 5.74) is -0.0928. The average molecular weight is 246 g/mol. The highest BCUT2D eigenvalue weighted by Crippen LogP contribution is 2.35. The number of nitrogens with one attached hydrogen (secondary N) is 1. The molecule has 94 valence electrons. The molecule has 0 spiro atoms. The molecule has 3 heteroatoms. The van der Waals surface area contributed by atoms with Gasteiger partial charge in [0.1, 0.15) is 0 Å². The first kappa shape index (κ1) is 13.8. The molecule has 1 rings (SSSR count). The number of hydrogen-bond donors (Lipinski definition) is 1. The van der Waals surface area contributed by atoms with Crippen molar-refractivity contribution < 1.29 is 4.79 Å². The van der Waals surface area contributed by atoms with E-state index < -0.39 is 5.41 Å². The van der Waals surface area contributed by atoms with Gasteiger partial charge in [-0.15, -0.1) is 11.6 Å². The third-order valence-electron chi connectivity index (χ3n) is 3.49. The minimum absolute atomic E-state index is 0.0881. The Morgan fingerprint density at radius 3 is 2.62 bits per heavy atom. The number of rotatable bonds is 3. The molecule has 1 aliphatic rings. The van der Waals surface area contributed by atoms with Gasteiger partial charge in [0.2, 0.25) is 5.91 Å². The zero-order chi connectivity index (χ0) is 12.4. The topological polar surface area (TPSA) is 29.1 Å². The molecule has 1 aliphatic carbocycles. The predicted molar refractivity (Wildman–Crippen MR) is 68.7 cm³/mol. The molecule has 1 saturated carbocycles. The van der Waals surface area contributed by atoms with E-state index in [-0.39, 0.29) is 5.91 Å². The van der Waals surface area contributed by atoms with Crippen molar-refractivity contribution in [1.29, 1.82) is 0 Å². The van der Waals surface area contributed by atoms with E-state index in [1.165, 1.54) is 12.8 Å². The summed E-state index contributed by atoms with van der Waals surface area (Å²) in [6.45, 7) is 8.34. The molecule has 1 N–H and O–H groups in total. The van der Waals surface area contributed by atoms with Crippen LogP contribution >= 0.6 is 11.6 Å². The number of carbonyl (C=O) groups is 1. The van der Waals surface area contributed by atoms with Crippen LogP contribution in [0.4, 0.5) is 0 Å². The summed E-state index contributed by atoms with van der Waals surface area (Å²) < 4.78 is 0. The van der Waals surface area contributed by atoms with Crippen molar-refractivity contribution in [3.8, 4) is 0 Å². The van der Waals surface area contributed by atoms with E-state index >= 15 is 0 Å². The first-order chi connectivity index (χ1) is 7.27. The number of halogens is 1. The van der Waals surface area contributed by atoms with Crippen molar-refractivity contribution in [2.75, 3.05) is 5.88 Å². The van der Waals surface area contributed by atoms with E-state index in [4.69, 9.17) is 11.6 Å². The van der Waals surface area contributed by atoms with Gasteiger partial charge in [-0.1, -0.05) is 20.3 Å². The van der Waals surface area contributed by atoms with Crippen LogP contribution in [0.25, 0.3) is 0 Å². The fraction of sp³-hybridized carbons (Fsp3) is 0.923. The molecule has 0 radical (unpaired) electrons. The summed E-state index contributed by atoms with van der Waals surface area (Å²) in [7, 11) is 0. The molecule has 0 aromatic rings. The molecule has 0 aromatic heterocycles. The van der Waals surface area contributed by atoms with Gasteiger partial charge >= 0.3 is 0 Å². The molecule has 1 amide bonds. The summed E-state index contributed by atoms with van der Waals surface area (Å²) in [6, 6.07) is 0.332. The normalized spacial score (nSPS) is 25.2. The minimum atomic E-state index is -0.455. The lowest BCUT2D eigenvalue weighted by Gasteiger charge is -2.36. The summed E-state index contributed by atoms with van der Waals surface area (Å²) in [6.07, 6.45) is 4.65. The lowest BCUT2D eigenvalue weighted by Crippen LogP contribution is -2.46. The maximum Gasteiger partial charge on any atom is 0.227 e. The van der Waals surface area contributed by atoms with Crippen LogP contribution in [0.3, 0.4) is 0 Å². The Morgan fingerprint density at radius 1 is 1.50 bits per heavy atom. The van der Waals surface area contributed by atoms with E-state index in [2.05, 4.69) is 19.2 Å². The van der Waals surface area contributed by atoms with E-state index in [0.29, 0.717) is 17.3 Å². The van der Waals surface area contributed by atoms with Gasteiger partial charge in [-0.25, -0.2) is 0 Å². The number of carbonyl (C=O) groups excluding carboxylic acids is 1. The molecule has 0 heterocycles. The molecular formula is C13H24ClNO. The Balaban J connectivity index is 2.52. The Hall–Kier alpha value is -0.240. The first-order valence-corrected chi connectivity index (χ1v) is 6.67. The second-order valence-electron chi connectivity index (χ2n) is 6.45. The lowest BCUT2D eigenvalue weighted by molar-refractivity contribution is -0.129. The summed E-state index contributed by atoms with van der Waals surface area (Å²) in [4.78, 5) is 12.0. The SMILES string of the molecule is CC1(C)CCCC(NC(=O)C(C)(C)CCl)C1. The van der Waals surface area contributed by atoms with Crippen LogP contribution in [0, 0.1) is 10.8 Å². The first-order valence-electron chi connectivity index (χ1n) is 6.14. The van der Waals surface area contributed by atoms with Crippen LogP contribution in [0.2, 0.25) is 0 Å². The summed E-state index contributed by atoms with van der Waals surface area (Å²) in [5, 5.41) is 3.14. The van der Waals surface area contributed by atoms with Gasteiger partial charge in [-0.2, -0.15) is 0 Å². The number of hydrogen-bond acceptors (Lipinski definition) is 1. The molecule has 1 fully saturated rings. The van der Waals surface area contributed by atoms with Crippen LogP contribution in [0.15, 0.2) is 0 Å². The molecule has 1 unspecified atom stereocenters. The van der Waals surface area contributed by atoms with Crippen LogP contribution in [-0.4, -0.2) is 17.8 Å². The van der Waals surface area contributed by atoms with Crippen LogP contribution in [0.5, 0.6) is 0 Å². The highest BCUT2D eigenvalue weighted by molar-refractivity contribution is 6.19. The Kier molecular flexibility index (Phi) is 4.28. The lowest BCUT2D eigenvalue weighted by atomic mass is 9.75. The average Bonchev–Trinajstić information content (AvgIpc) is 2.16. The van der Waals surface area contributed by atoms with Gasteiger partial charge in [-0.3, -0.25) is 4.79 Å². The van der Waals surface area contributed by atoms with Gasteiger partial charge < -0.3 is 5.32 Å². The standard InChI is InChI=1S/C13H24ClNO/c1-12(2)7-5-6-10(8-12)15-11(16)13(3,4)9-14/h10H,5-9H2,1-4H3,(H,15,16). The minimum Gasteiger partial charge on any atom is -0.353 e. The van der Waals surface area contributed by atoms with E-state index in [9.17, 15) is 4.79 Å². The number of amides is 1. The summed E-state index contributed by atoms with van der Waals surface area (Å²) >= 11 is 5.80. The van der Waals surface area contributed by atoms with Crippen molar-refractivity contribution in [1.82, 2.24) is 5.32 Å². The third kappa shape index (κ3) is 3.65. The Labute approximate surface area is 104 Å². The largest absolute Gasteiger partial charge is 0.353 e.